The Bertz CT molecular complexity index is 668. The predicted octanol–water partition coefficient (Wildman–Crippen LogP) is -0.126. The first kappa shape index (κ1) is 19.5. The maximum absolute atomic E-state index is 11.4. The van der Waals surface area contributed by atoms with E-state index < -0.39 is 24.4 Å². The van der Waals surface area contributed by atoms with E-state index in [1.54, 1.807) is 0 Å². The molecule has 0 saturated heterocycles. The van der Waals surface area contributed by atoms with Gasteiger partial charge in [-0.3, -0.25) is 9.59 Å². The van der Waals surface area contributed by atoms with Gasteiger partial charge in [0.15, 0.2) is 5.75 Å². The number of amides is 2. The Morgan fingerprint density at radius 2 is 1.88 bits per heavy atom. The highest BCUT2D eigenvalue weighted by atomic mass is 35.5. The maximum Gasteiger partial charge on any atom is 0.329 e. The normalized spacial score (nSPS) is 10.2. The number of carbonyl (C=O) groups is 3. The van der Waals surface area contributed by atoms with Gasteiger partial charge in [0.1, 0.15) is 6.61 Å². The average Bonchev–Trinajstić information content (AvgIpc) is 2.51. The summed E-state index contributed by atoms with van der Waals surface area (Å²) < 4.78 is 4.89. The number of carbonyl (C=O) groups excluding carboxylic acids is 3. The van der Waals surface area contributed by atoms with E-state index in [4.69, 9.17) is 27.9 Å². The van der Waals surface area contributed by atoms with E-state index in [0.29, 0.717) is 5.56 Å². The Kier molecular flexibility index (Phi) is 7.73. The van der Waals surface area contributed by atoms with Gasteiger partial charge in [0.05, 0.1) is 22.2 Å². The van der Waals surface area contributed by atoms with Crippen LogP contribution in [-0.2, 0) is 14.4 Å². The Morgan fingerprint density at radius 3 is 2.42 bits per heavy atom. The topological polar surface area (TPSA) is 120 Å². The first-order valence-electron chi connectivity index (χ1n) is 6.39. The van der Waals surface area contributed by atoms with Crippen molar-refractivity contribution in [1.82, 2.24) is 10.7 Å². The van der Waals surface area contributed by atoms with Crippen molar-refractivity contribution in [2.75, 3.05) is 13.2 Å². The summed E-state index contributed by atoms with van der Waals surface area (Å²) in [6.45, 7) is 2.83. The van der Waals surface area contributed by atoms with Gasteiger partial charge in [-0.1, -0.05) is 29.3 Å². The van der Waals surface area contributed by atoms with Crippen LogP contribution in [-0.4, -0.2) is 37.1 Å². The molecular formula is C14H12Cl2N3O5-. The Labute approximate surface area is 147 Å². The highest BCUT2D eigenvalue weighted by Crippen LogP contribution is 2.33. The van der Waals surface area contributed by atoms with E-state index in [-0.39, 0.29) is 22.3 Å². The Hall–Kier alpha value is -2.58. The van der Waals surface area contributed by atoms with Gasteiger partial charge in [-0.05, 0) is 17.7 Å². The molecule has 0 fully saturated rings. The molecule has 0 spiro atoms. The number of carboxylic acids is 1. The molecular weight excluding hydrogens is 361 g/mol. The lowest BCUT2D eigenvalue weighted by Gasteiger charge is -2.10. The number of rotatable bonds is 7. The van der Waals surface area contributed by atoms with Crippen molar-refractivity contribution in [1.29, 1.82) is 0 Å². The second kappa shape index (κ2) is 9.53. The van der Waals surface area contributed by atoms with Crippen LogP contribution in [0.15, 0.2) is 29.9 Å². The number of aliphatic carboxylic acids is 1. The van der Waals surface area contributed by atoms with Crippen LogP contribution in [0, 0.1) is 0 Å². The molecule has 128 valence electrons. The van der Waals surface area contributed by atoms with Crippen molar-refractivity contribution >= 4 is 47.2 Å². The molecule has 8 nitrogen and oxygen atoms in total. The molecule has 2 N–H and O–H groups in total. The molecule has 0 bridgehead atoms. The van der Waals surface area contributed by atoms with Crippen LogP contribution >= 0.6 is 23.2 Å². The third-order valence-electron chi connectivity index (χ3n) is 2.35. The smallest absolute Gasteiger partial charge is 0.329 e. The fourth-order valence-corrected chi connectivity index (χ4v) is 2.00. The first-order valence-corrected chi connectivity index (χ1v) is 7.14. The van der Waals surface area contributed by atoms with Crippen LogP contribution in [0.2, 0.25) is 10.0 Å². The lowest BCUT2D eigenvalue weighted by molar-refractivity contribution is -0.307. The number of ether oxygens (including phenoxy) is 1. The zero-order chi connectivity index (χ0) is 18.1. The van der Waals surface area contributed by atoms with Crippen molar-refractivity contribution in [3.63, 3.8) is 0 Å². The third-order valence-corrected chi connectivity index (χ3v) is 2.91. The lowest BCUT2D eigenvalue weighted by Crippen LogP contribution is -2.37. The summed E-state index contributed by atoms with van der Waals surface area (Å²) in [6, 6.07) is 2.76. The molecule has 0 aromatic heterocycles. The Balaban J connectivity index is 2.71. The minimum absolute atomic E-state index is 0.0208. The molecule has 1 aromatic carbocycles. The van der Waals surface area contributed by atoms with Gasteiger partial charge in [0.2, 0.25) is 0 Å². The average molecular weight is 373 g/mol. The van der Waals surface area contributed by atoms with Crippen molar-refractivity contribution in [3.8, 4) is 5.75 Å². The zero-order valence-corrected chi connectivity index (χ0v) is 13.7. The van der Waals surface area contributed by atoms with Crippen molar-refractivity contribution in [2.45, 2.75) is 0 Å². The molecule has 2 amide bonds. The molecule has 0 radical (unpaired) electrons. The van der Waals surface area contributed by atoms with Crippen molar-refractivity contribution in [2.24, 2.45) is 5.10 Å². The zero-order valence-electron chi connectivity index (χ0n) is 12.2. The van der Waals surface area contributed by atoms with Crippen molar-refractivity contribution < 1.29 is 24.2 Å². The fraction of sp³-hybridized carbons (Fsp3) is 0.143. The van der Waals surface area contributed by atoms with Crippen molar-refractivity contribution in [3.05, 3.63) is 40.4 Å². The number of nitrogens with one attached hydrogen (secondary N) is 2. The fourth-order valence-electron chi connectivity index (χ4n) is 1.38. The van der Waals surface area contributed by atoms with E-state index >= 15 is 0 Å². The minimum atomic E-state index is -1.43. The first-order chi connectivity index (χ1) is 11.3. The standard InChI is InChI=1S/C14H13Cl2N3O5/c1-2-3-17-13(22)14(23)19-18-6-8-4-9(15)12(10(16)5-8)24-7-11(20)21/h2,4-6H,1,3,7H2,(H,17,22)(H,19,23)(H,20,21)/p-1/b18-6-. The van der Waals surface area contributed by atoms with Gasteiger partial charge in [-0.2, -0.15) is 5.10 Å². The number of benzene rings is 1. The number of carboxylic acid groups (broad SMARTS) is 1. The summed E-state index contributed by atoms with van der Waals surface area (Å²) in [5.74, 6) is -3.27. The number of hydrazone groups is 1. The Morgan fingerprint density at radius 1 is 1.25 bits per heavy atom. The highest BCUT2D eigenvalue weighted by molar-refractivity contribution is 6.37. The number of nitrogens with zero attached hydrogens (tertiary/aromatic N) is 1. The molecule has 0 aliphatic carbocycles. The summed E-state index contributed by atoms with van der Waals surface area (Å²) >= 11 is 11.8. The van der Waals surface area contributed by atoms with Gasteiger partial charge in [-0.25, -0.2) is 5.43 Å². The molecule has 1 aromatic rings. The molecule has 1 rings (SSSR count). The number of hydrogen-bond acceptors (Lipinski definition) is 6. The second-order valence-corrected chi connectivity index (χ2v) is 4.99. The molecule has 0 aliphatic heterocycles. The third kappa shape index (κ3) is 6.27. The molecule has 0 atom stereocenters. The van der Waals surface area contributed by atoms with Crippen LogP contribution in [0.3, 0.4) is 0 Å². The largest absolute Gasteiger partial charge is 0.546 e. The van der Waals surface area contributed by atoms with E-state index in [2.05, 4.69) is 17.0 Å². The summed E-state index contributed by atoms with van der Waals surface area (Å²) in [5, 5.41) is 16.3. The van der Waals surface area contributed by atoms with Crippen LogP contribution < -0.4 is 20.6 Å². The maximum atomic E-state index is 11.4. The van der Waals surface area contributed by atoms with E-state index in [1.165, 1.54) is 24.4 Å². The SMILES string of the molecule is C=CCNC(=O)C(=O)N/N=C\c1cc(Cl)c(OCC(=O)[O-])c(Cl)c1. The van der Waals surface area contributed by atoms with E-state index in [0.717, 1.165) is 0 Å². The molecule has 0 saturated carbocycles. The van der Waals surface area contributed by atoms with Gasteiger partial charge in [0, 0.05) is 6.54 Å². The minimum Gasteiger partial charge on any atom is -0.546 e. The van der Waals surface area contributed by atoms with E-state index in [9.17, 15) is 19.5 Å². The molecule has 0 aliphatic rings. The predicted molar refractivity (Wildman–Crippen MR) is 85.9 cm³/mol. The summed E-state index contributed by atoms with van der Waals surface area (Å²) in [4.78, 5) is 33.0. The number of halogens is 2. The number of hydrogen-bond donors (Lipinski definition) is 2. The van der Waals surface area contributed by atoms with Gasteiger partial charge >= 0.3 is 11.8 Å². The highest BCUT2D eigenvalue weighted by Gasteiger charge is 2.11. The quantitative estimate of drug-likeness (QED) is 0.299. The van der Waals surface area contributed by atoms with E-state index in [1.807, 2.05) is 5.43 Å². The molecule has 10 heteroatoms. The summed E-state index contributed by atoms with van der Waals surface area (Å²) in [5.41, 5.74) is 2.40. The summed E-state index contributed by atoms with van der Waals surface area (Å²) in [7, 11) is 0. The van der Waals surface area contributed by atoms with Crippen LogP contribution in [0.4, 0.5) is 0 Å². The lowest BCUT2D eigenvalue weighted by atomic mass is 10.2. The second-order valence-electron chi connectivity index (χ2n) is 4.17. The van der Waals surface area contributed by atoms with Crippen LogP contribution in [0.25, 0.3) is 0 Å². The molecule has 24 heavy (non-hydrogen) atoms. The van der Waals surface area contributed by atoms with Gasteiger partial charge in [0.25, 0.3) is 0 Å². The van der Waals surface area contributed by atoms with Gasteiger partial charge in [-0.15, -0.1) is 6.58 Å². The monoisotopic (exact) mass is 372 g/mol. The van der Waals surface area contributed by atoms with Crippen LogP contribution in [0.5, 0.6) is 5.75 Å². The summed E-state index contributed by atoms with van der Waals surface area (Å²) in [6.07, 6.45) is 2.61. The molecule has 0 heterocycles. The van der Waals surface area contributed by atoms with Gasteiger partial charge < -0.3 is 20.0 Å². The molecule has 0 unspecified atom stereocenters. The van der Waals surface area contributed by atoms with Crippen LogP contribution in [0.1, 0.15) is 5.56 Å².